The Morgan fingerprint density at radius 2 is 1.92 bits per heavy atom. The Kier molecular flexibility index (Phi) is 6.48. The standard InChI is InChI=1S/C17H16F3NO3/c18-14-7-1-2-8-15(14)23-10-4-9-21-16(22)12-5-3-6-13(11-12)24-17(19)20/h1-3,5-8,11,17H,4,9-10H2,(H,21,22). The highest BCUT2D eigenvalue weighted by Gasteiger charge is 2.09. The van der Waals surface area contributed by atoms with Crippen LogP contribution in [0.3, 0.4) is 0 Å². The number of benzene rings is 2. The number of carbonyl (C=O) groups excluding carboxylic acids is 1. The number of carbonyl (C=O) groups is 1. The summed E-state index contributed by atoms with van der Waals surface area (Å²) in [5.74, 6) is -0.792. The lowest BCUT2D eigenvalue weighted by Crippen LogP contribution is -2.25. The normalized spacial score (nSPS) is 10.5. The zero-order chi connectivity index (χ0) is 17.4. The van der Waals surface area contributed by atoms with Crippen molar-refractivity contribution in [3.8, 4) is 11.5 Å². The Hall–Kier alpha value is -2.70. The molecule has 2 rings (SSSR count). The zero-order valence-corrected chi connectivity index (χ0v) is 12.7. The van der Waals surface area contributed by atoms with Crippen LogP contribution in [0.5, 0.6) is 11.5 Å². The maximum absolute atomic E-state index is 13.3. The molecule has 0 aliphatic rings. The first-order valence-electron chi connectivity index (χ1n) is 7.26. The van der Waals surface area contributed by atoms with E-state index in [9.17, 15) is 18.0 Å². The van der Waals surface area contributed by atoms with Gasteiger partial charge in [-0.1, -0.05) is 18.2 Å². The first-order chi connectivity index (χ1) is 11.6. The number of ether oxygens (including phenoxy) is 2. The Morgan fingerprint density at radius 3 is 2.67 bits per heavy atom. The van der Waals surface area contributed by atoms with Gasteiger partial charge in [-0.3, -0.25) is 4.79 Å². The van der Waals surface area contributed by atoms with Crippen molar-refractivity contribution < 1.29 is 27.4 Å². The number of hydrogen-bond acceptors (Lipinski definition) is 3. The van der Waals surface area contributed by atoms with E-state index in [1.807, 2.05) is 0 Å². The lowest BCUT2D eigenvalue weighted by Gasteiger charge is -2.09. The zero-order valence-electron chi connectivity index (χ0n) is 12.7. The molecule has 2 aromatic rings. The summed E-state index contributed by atoms with van der Waals surface area (Å²) in [6, 6.07) is 11.6. The molecular weight excluding hydrogens is 323 g/mol. The van der Waals surface area contributed by atoms with E-state index in [1.165, 1.54) is 36.4 Å². The molecule has 7 heteroatoms. The highest BCUT2D eigenvalue weighted by molar-refractivity contribution is 5.94. The molecular formula is C17H16F3NO3. The number of amides is 1. The van der Waals surface area contributed by atoms with Gasteiger partial charge in [0, 0.05) is 12.1 Å². The molecule has 0 saturated carbocycles. The van der Waals surface area contributed by atoms with Crippen LogP contribution in [0, 0.1) is 5.82 Å². The SMILES string of the molecule is O=C(NCCCOc1ccccc1F)c1cccc(OC(F)F)c1. The molecule has 4 nitrogen and oxygen atoms in total. The second-order valence-electron chi connectivity index (χ2n) is 4.79. The third kappa shape index (κ3) is 5.49. The van der Waals surface area contributed by atoms with Crippen molar-refractivity contribution in [3.05, 3.63) is 59.9 Å². The molecule has 0 aromatic heterocycles. The summed E-state index contributed by atoms with van der Waals surface area (Å²) in [6.07, 6.45) is 0.466. The Morgan fingerprint density at radius 1 is 1.12 bits per heavy atom. The van der Waals surface area contributed by atoms with Crippen molar-refractivity contribution in [3.63, 3.8) is 0 Å². The summed E-state index contributed by atoms with van der Waals surface area (Å²) >= 11 is 0. The van der Waals surface area contributed by atoms with E-state index >= 15 is 0 Å². The van der Waals surface area contributed by atoms with Crippen molar-refractivity contribution in [1.82, 2.24) is 5.32 Å². The molecule has 0 bridgehead atoms. The van der Waals surface area contributed by atoms with Gasteiger partial charge in [-0.05, 0) is 36.8 Å². The fourth-order valence-electron chi connectivity index (χ4n) is 1.93. The first-order valence-corrected chi connectivity index (χ1v) is 7.26. The fourth-order valence-corrected chi connectivity index (χ4v) is 1.93. The molecule has 1 amide bonds. The van der Waals surface area contributed by atoms with Crippen molar-refractivity contribution in [2.45, 2.75) is 13.0 Å². The van der Waals surface area contributed by atoms with Gasteiger partial charge in [-0.25, -0.2) is 4.39 Å². The molecule has 0 unspecified atom stereocenters. The number of para-hydroxylation sites is 1. The molecule has 0 heterocycles. The summed E-state index contributed by atoms with van der Waals surface area (Å²) in [5, 5.41) is 2.62. The van der Waals surface area contributed by atoms with Crippen LogP contribution in [0.2, 0.25) is 0 Å². The van der Waals surface area contributed by atoms with Gasteiger partial charge in [0.15, 0.2) is 11.6 Å². The van der Waals surface area contributed by atoms with E-state index in [0.29, 0.717) is 13.0 Å². The molecule has 0 saturated heterocycles. The van der Waals surface area contributed by atoms with Gasteiger partial charge < -0.3 is 14.8 Å². The quantitative estimate of drug-likeness (QED) is 0.747. The Balaban J connectivity index is 1.74. The highest BCUT2D eigenvalue weighted by Crippen LogP contribution is 2.16. The largest absolute Gasteiger partial charge is 0.490 e. The molecule has 0 fully saturated rings. The second kappa shape index (κ2) is 8.81. The van der Waals surface area contributed by atoms with Gasteiger partial charge in [-0.2, -0.15) is 8.78 Å². The van der Waals surface area contributed by atoms with E-state index in [2.05, 4.69) is 10.1 Å². The number of alkyl halides is 2. The second-order valence-corrected chi connectivity index (χ2v) is 4.79. The van der Waals surface area contributed by atoms with Crippen molar-refractivity contribution in [2.75, 3.05) is 13.2 Å². The van der Waals surface area contributed by atoms with Crippen LogP contribution >= 0.6 is 0 Å². The summed E-state index contributed by atoms with van der Waals surface area (Å²) < 4.78 is 47.1. The van der Waals surface area contributed by atoms with Crippen molar-refractivity contribution in [1.29, 1.82) is 0 Å². The van der Waals surface area contributed by atoms with Gasteiger partial charge in [0.25, 0.3) is 5.91 Å². The number of hydrogen-bond donors (Lipinski definition) is 1. The lowest BCUT2D eigenvalue weighted by atomic mass is 10.2. The third-order valence-electron chi connectivity index (χ3n) is 3.02. The van der Waals surface area contributed by atoms with Crippen LogP contribution in [0.1, 0.15) is 16.8 Å². The molecule has 0 atom stereocenters. The summed E-state index contributed by atoms with van der Waals surface area (Å²) in [7, 11) is 0. The van der Waals surface area contributed by atoms with Crippen LogP contribution in [0.15, 0.2) is 48.5 Å². The predicted octanol–water partition coefficient (Wildman–Crippen LogP) is 3.63. The Bertz CT molecular complexity index is 680. The van der Waals surface area contributed by atoms with E-state index in [-0.39, 0.29) is 23.7 Å². The van der Waals surface area contributed by atoms with Crippen molar-refractivity contribution >= 4 is 5.91 Å². The smallest absolute Gasteiger partial charge is 0.387 e. The van der Waals surface area contributed by atoms with E-state index in [0.717, 1.165) is 0 Å². The minimum atomic E-state index is -2.95. The van der Waals surface area contributed by atoms with E-state index < -0.39 is 18.3 Å². The van der Waals surface area contributed by atoms with Crippen LogP contribution in [-0.4, -0.2) is 25.7 Å². The van der Waals surface area contributed by atoms with Gasteiger partial charge in [-0.15, -0.1) is 0 Å². The minimum absolute atomic E-state index is 0.0828. The average molecular weight is 339 g/mol. The Labute approximate surface area is 137 Å². The molecule has 1 N–H and O–H groups in total. The first kappa shape index (κ1) is 17.7. The molecule has 24 heavy (non-hydrogen) atoms. The monoisotopic (exact) mass is 339 g/mol. The maximum atomic E-state index is 13.3. The van der Waals surface area contributed by atoms with Gasteiger partial charge in [0.1, 0.15) is 5.75 Å². The molecule has 128 valence electrons. The number of nitrogens with one attached hydrogen (secondary N) is 1. The average Bonchev–Trinajstić information content (AvgIpc) is 2.55. The molecule has 0 aliphatic carbocycles. The highest BCUT2D eigenvalue weighted by atomic mass is 19.3. The van der Waals surface area contributed by atoms with Crippen molar-refractivity contribution in [2.24, 2.45) is 0 Å². The van der Waals surface area contributed by atoms with Crippen LogP contribution in [-0.2, 0) is 0 Å². The van der Waals surface area contributed by atoms with E-state index in [4.69, 9.17) is 4.74 Å². The molecule has 0 aliphatic heterocycles. The summed E-state index contributed by atoms with van der Waals surface area (Å²) in [5.41, 5.74) is 0.211. The van der Waals surface area contributed by atoms with Gasteiger partial charge >= 0.3 is 6.61 Å². The van der Waals surface area contributed by atoms with Gasteiger partial charge in [0.05, 0.1) is 6.61 Å². The predicted molar refractivity (Wildman–Crippen MR) is 81.9 cm³/mol. The topological polar surface area (TPSA) is 47.6 Å². The summed E-state index contributed by atoms with van der Waals surface area (Å²) in [4.78, 5) is 11.9. The third-order valence-corrected chi connectivity index (χ3v) is 3.02. The minimum Gasteiger partial charge on any atom is -0.490 e. The number of rotatable bonds is 8. The van der Waals surface area contributed by atoms with Gasteiger partial charge in [0.2, 0.25) is 0 Å². The van der Waals surface area contributed by atoms with E-state index in [1.54, 1.807) is 12.1 Å². The molecule has 2 aromatic carbocycles. The fraction of sp³-hybridized carbons (Fsp3) is 0.235. The van der Waals surface area contributed by atoms with Crippen LogP contribution in [0.4, 0.5) is 13.2 Å². The van der Waals surface area contributed by atoms with Crippen LogP contribution in [0.25, 0.3) is 0 Å². The lowest BCUT2D eigenvalue weighted by molar-refractivity contribution is -0.0498. The van der Waals surface area contributed by atoms with Crippen LogP contribution < -0.4 is 14.8 Å². The summed E-state index contributed by atoms with van der Waals surface area (Å²) in [6.45, 7) is -2.41. The molecule has 0 radical (unpaired) electrons. The molecule has 0 spiro atoms. The maximum Gasteiger partial charge on any atom is 0.387 e. The number of halogens is 3.